The van der Waals surface area contributed by atoms with Crippen molar-refractivity contribution < 1.29 is 41.3 Å². The van der Waals surface area contributed by atoms with E-state index in [2.05, 4.69) is 35.6 Å². The molecule has 1 aliphatic rings. The molecule has 0 unspecified atom stereocenters. The number of esters is 1. The number of hydrogen-bond donors (Lipinski definition) is 3. The molecule has 4 atom stereocenters. The first-order valence-corrected chi connectivity index (χ1v) is 29.0. The van der Waals surface area contributed by atoms with Gasteiger partial charge in [0, 0.05) is 19.7 Å². The summed E-state index contributed by atoms with van der Waals surface area (Å²) >= 11 is 1.40. The van der Waals surface area contributed by atoms with Gasteiger partial charge in [0.25, 0.3) is 10.1 Å². The van der Waals surface area contributed by atoms with Crippen molar-refractivity contribution in [2.24, 2.45) is 5.92 Å². The number of rotatable bonds is 21. The van der Waals surface area contributed by atoms with Gasteiger partial charge >= 0.3 is 12.1 Å². The molecule has 1 aliphatic carbocycles. The fraction of sp³-hybridized carbons (Fsp3) is 0.346. The van der Waals surface area contributed by atoms with Crippen molar-refractivity contribution in [2.45, 2.75) is 81.4 Å². The van der Waals surface area contributed by atoms with E-state index in [-0.39, 0.29) is 24.9 Å². The van der Waals surface area contributed by atoms with Crippen molar-refractivity contribution in [1.29, 1.82) is 0 Å². The average molecular weight is 964 g/mol. The summed E-state index contributed by atoms with van der Waals surface area (Å²) in [5.74, 6) is -3.14. The number of nitrogens with one attached hydrogen (secondary N) is 3. The van der Waals surface area contributed by atoms with Gasteiger partial charge in [-0.15, -0.1) is 11.8 Å². The lowest BCUT2D eigenvalue weighted by Crippen LogP contribution is -2.60. The van der Waals surface area contributed by atoms with Crippen LogP contribution in [0.5, 0.6) is 0 Å². The number of benzene rings is 5. The Kier molecular flexibility index (Phi) is 16.9. The normalized spacial score (nSPS) is 14.4. The molecule has 0 spiro atoms. The van der Waals surface area contributed by atoms with Gasteiger partial charge in [0.1, 0.15) is 30.8 Å². The van der Waals surface area contributed by atoms with Crippen LogP contribution in [0, 0.1) is 5.92 Å². The molecule has 354 valence electrons. The molecule has 0 heterocycles. The second kappa shape index (κ2) is 22.4. The lowest BCUT2D eigenvalue weighted by atomic mass is 9.84. The lowest BCUT2D eigenvalue weighted by Gasteiger charge is -2.36. The fourth-order valence-electron chi connectivity index (χ4n) is 8.21. The van der Waals surface area contributed by atoms with Crippen LogP contribution in [0.4, 0.5) is 4.79 Å². The quantitative estimate of drug-likeness (QED) is 0.0281. The number of hydrogen-bond acceptors (Lipinski definition) is 10. The molecule has 0 saturated heterocycles. The Balaban J connectivity index is 1.34. The standard InChI is InChI=1S/C52H61N3O9S2Si/c1-35(2)46(50(58)62-31-32-67(5,6)7)54-49(57)47(36(3)64-66(4,60)61)55-48(56)45(53-51(59)63-33-44-42-29-19-17-27-40(42)41-28-18-20-30-43(41)44)34-65-52(37-21-11-8-12-22-37,38-23-13-9-14-24-38)39-25-15-10-16-26-39/h8-30,35-36,44-47H,31-34H2,1-7H3,(H,53,59)(H,54,57)(H,55,56)/t36-,45+,46+,47+/m1/s1. The first-order chi connectivity index (χ1) is 31.9. The predicted molar refractivity (Wildman–Crippen MR) is 267 cm³/mol. The molecule has 3 N–H and O–H groups in total. The number of thioether (sulfide) groups is 1. The summed E-state index contributed by atoms with van der Waals surface area (Å²) < 4.78 is 41.0. The first-order valence-electron chi connectivity index (χ1n) is 22.5. The van der Waals surface area contributed by atoms with E-state index in [9.17, 15) is 27.6 Å². The zero-order chi connectivity index (χ0) is 48.4. The van der Waals surface area contributed by atoms with Gasteiger partial charge in [-0.25, -0.2) is 9.59 Å². The second-order valence-electron chi connectivity index (χ2n) is 18.3. The molecule has 0 saturated carbocycles. The van der Waals surface area contributed by atoms with E-state index in [0.29, 0.717) is 6.04 Å². The first kappa shape index (κ1) is 50.7. The third-order valence-corrected chi connectivity index (χ3v) is 15.6. The van der Waals surface area contributed by atoms with Crippen LogP contribution < -0.4 is 16.0 Å². The summed E-state index contributed by atoms with van der Waals surface area (Å²) in [7, 11) is -5.72. The molecule has 67 heavy (non-hydrogen) atoms. The Morgan fingerprint density at radius 1 is 0.642 bits per heavy atom. The third kappa shape index (κ3) is 13.0. The van der Waals surface area contributed by atoms with Crippen LogP contribution in [-0.4, -0.2) is 89.8 Å². The van der Waals surface area contributed by atoms with Crippen LogP contribution in [0.3, 0.4) is 0 Å². The van der Waals surface area contributed by atoms with Crippen molar-refractivity contribution in [1.82, 2.24) is 16.0 Å². The number of ether oxygens (including phenoxy) is 2. The zero-order valence-corrected chi connectivity index (χ0v) is 41.7. The Morgan fingerprint density at radius 3 is 1.57 bits per heavy atom. The molecule has 5 aromatic carbocycles. The number of carbonyl (C=O) groups excluding carboxylic acids is 4. The molecular weight excluding hydrogens is 903 g/mol. The monoisotopic (exact) mass is 963 g/mol. The van der Waals surface area contributed by atoms with Crippen molar-refractivity contribution in [3.63, 3.8) is 0 Å². The van der Waals surface area contributed by atoms with Crippen LogP contribution in [0.1, 0.15) is 54.5 Å². The maximum absolute atomic E-state index is 14.9. The van der Waals surface area contributed by atoms with E-state index in [0.717, 1.165) is 45.2 Å². The van der Waals surface area contributed by atoms with Gasteiger partial charge in [0.15, 0.2) is 0 Å². The minimum absolute atomic E-state index is 0.0295. The predicted octanol–water partition coefficient (Wildman–Crippen LogP) is 8.49. The van der Waals surface area contributed by atoms with Crippen molar-refractivity contribution in [2.75, 3.05) is 25.2 Å². The largest absolute Gasteiger partial charge is 0.464 e. The minimum atomic E-state index is -4.16. The van der Waals surface area contributed by atoms with E-state index in [1.807, 2.05) is 140 Å². The smallest absolute Gasteiger partial charge is 0.407 e. The van der Waals surface area contributed by atoms with E-state index < -0.39 is 77.0 Å². The second-order valence-corrected chi connectivity index (χ2v) is 26.8. The van der Waals surface area contributed by atoms with Gasteiger partial charge in [-0.3, -0.25) is 13.8 Å². The number of carbonyl (C=O) groups is 4. The maximum Gasteiger partial charge on any atom is 0.407 e. The van der Waals surface area contributed by atoms with Crippen LogP contribution >= 0.6 is 11.8 Å². The lowest BCUT2D eigenvalue weighted by molar-refractivity contribution is -0.149. The molecule has 3 amide bonds. The SMILES string of the molecule is CC(C)[C@H](NC(=O)[C@@H](NC(=O)[C@H](CSC(c1ccccc1)(c1ccccc1)c1ccccc1)NC(=O)OCC1c2ccccc2-c2ccccc21)[C@@H](C)OS(C)(=O)=O)C(=O)OCC[Si](C)(C)C. The minimum Gasteiger partial charge on any atom is -0.464 e. The van der Waals surface area contributed by atoms with Gasteiger partial charge in [-0.05, 0) is 57.8 Å². The molecule has 6 rings (SSSR count). The summed E-state index contributed by atoms with van der Waals surface area (Å²) in [6, 6.07) is 41.9. The Labute approximate surface area is 400 Å². The highest BCUT2D eigenvalue weighted by Crippen LogP contribution is 2.49. The number of alkyl carbamates (subject to hydrolysis) is 1. The molecule has 5 aromatic rings. The fourth-order valence-corrected chi connectivity index (χ4v) is 11.1. The maximum atomic E-state index is 14.9. The molecule has 0 radical (unpaired) electrons. The summed E-state index contributed by atoms with van der Waals surface area (Å²) in [6.07, 6.45) is -1.49. The number of amides is 3. The van der Waals surface area contributed by atoms with E-state index in [4.69, 9.17) is 13.7 Å². The molecule has 15 heteroatoms. The Hall–Kier alpha value is -5.74. The Bertz CT molecular complexity index is 2450. The Morgan fingerprint density at radius 2 is 1.10 bits per heavy atom. The van der Waals surface area contributed by atoms with Crippen LogP contribution in [0.15, 0.2) is 140 Å². The van der Waals surface area contributed by atoms with E-state index in [1.54, 1.807) is 13.8 Å². The molecule has 0 aliphatic heterocycles. The van der Waals surface area contributed by atoms with E-state index in [1.165, 1.54) is 18.7 Å². The summed E-state index contributed by atoms with van der Waals surface area (Å²) in [4.78, 5) is 56.7. The summed E-state index contributed by atoms with van der Waals surface area (Å²) in [5, 5.41) is 8.20. The zero-order valence-electron chi connectivity index (χ0n) is 39.1. The number of fused-ring (bicyclic) bond motifs is 3. The van der Waals surface area contributed by atoms with Crippen molar-refractivity contribution in [3.8, 4) is 11.1 Å². The highest BCUT2D eigenvalue weighted by molar-refractivity contribution is 8.00. The van der Waals surface area contributed by atoms with Crippen molar-refractivity contribution in [3.05, 3.63) is 167 Å². The van der Waals surface area contributed by atoms with Gasteiger partial charge in [-0.1, -0.05) is 173 Å². The van der Waals surface area contributed by atoms with Gasteiger partial charge in [0.2, 0.25) is 11.8 Å². The molecule has 0 fully saturated rings. The average Bonchev–Trinajstić information content (AvgIpc) is 3.62. The van der Waals surface area contributed by atoms with E-state index >= 15 is 0 Å². The highest BCUT2D eigenvalue weighted by Gasteiger charge is 2.41. The van der Waals surface area contributed by atoms with Gasteiger partial charge in [-0.2, -0.15) is 8.42 Å². The molecule has 0 bridgehead atoms. The molecular formula is C52H61N3O9S2Si. The third-order valence-electron chi connectivity index (χ3n) is 11.7. The molecule has 12 nitrogen and oxygen atoms in total. The topological polar surface area (TPSA) is 166 Å². The van der Waals surface area contributed by atoms with Crippen LogP contribution in [0.2, 0.25) is 25.7 Å². The van der Waals surface area contributed by atoms with Crippen LogP contribution in [0.25, 0.3) is 11.1 Å². The van der Waals surface area contributed by atoms with Gasteiger partial charge in [0.05, 0.1) is 17.6 Å². The van der Waals surface area contributed by atoms with Crippen molar-refractivity contribution >= 4 is 53.8 Å². The summed E-state index contributed by atoms with van der Waals surface area (Å²) in [5.41, 5.74) is 6.83. The molecule has 0 aromatic heterocycles. The summed E-state index contributed by atoms with van der Waals surface area (Å²) in [6.45, 7) is 11.4. The van der Waals surface area contributed by atoms with Crippen LogP contribution in [-0.2, 0) is 42.9 Å². The van der Waals surface area contributed by atoms with Gasteiger partial charge < -0.3 is 25.4 Å². The highest BCUT2D eigenvalue weighted by atomic mass is 32.2.